The van der Waals surface area contributed by atoms with Crippen LogP contribution >= 0.6 is 23.4 Å². The van der Waals surface area contributed by atoms with Gasteiger partial charge in [-0.2, -0.15) is 4.98 Å². The molecule has 0 radical (unpaired) electrons. The topological polar surface area (TPSA) is 114 Å². The molecule has 0 aliphatic heterocycles. The molecule has 0 saturated carbocycles. The van der Waals surface area contributed by atoms with Gasteiger partial charge in [-0.05, 0) is 61.6 Å². The third-order valence-corrected chi connectivity index (χ3v) is 8.38. The number of hydrogen-bond donors (Lipinski definition) is 2. The zero-order valence-electron chi connectivity index (χ0n) is 26.7. The lowest BCUT2D eigenvalue weighted by Crippen LogP contribution is -2.35. The van der Waals surface area contributed by atoms with E-state index < -0.39 is 16.5 Å². The van der Waals surface area contributed by atoms with E-state index in [1.54, 1.807) is 26.7 Å². The molecule has 0 spiro atoms. The SMILES string of the molecule is COc1ccc(CN(Cc2ccc(OC)cc2)c2ncccc2C(C)N[C@@H](C)COc2nc(Cl)c(F)c3nc(SC)[nH]c(=O)c23)cc1. The summed E-state index contributed by atoms with van der Waals surface area (Å²) in [5.74, 6) is 1.46. The number of aromatic nitrogens is 4. The largest absolute Gasteiger partial charge is 0.497 e. The molecule has 0 aliphatic rings. The molecule has 0 aliphatic carbocycles. The van der Waals surface area contributed by atoms with E-state index in [2.05, 4.69) is 32.1 Å². The number of anilines is 1. The van der Waals surface area contributed by atoms with Crippen LogP contribution in [0.3, 0.4) is 0 Å². The second-order valence-corrected chi connectivity index (χ2v) is 12.0. The average molecular weight is 679 g/mol. The number of nitrogens with zero attached hydrogens (tertiary/aromatic N) is 4. The zero-order chi connectivity index (χ0) is 33.5. The number of benzene rings is 2. The van der Waals surface area contributed by atoms with Crippen LogP contribution in [0.25, 0.3) is 10.9 Å². The van der Waals surface area contributed by atoms with Crippen molar-refractivity contribution in [1.29, 1.82) is 0 Å². The normalized spacial score (nSPS) is 12.5. The highest BCUT2D eigenvalue weighted by Crippen LogP contribution is 2.30. The first-order chi connectivity index (χ1) is 22.7. The maximum atomic E-state index is 14.8. The number of hydrogen-bond acceptors (Lipinski definition) is 10. The number of methoxy groups -OCH3 is 2. The number of fused-ring (bicyclic) bond motifs is 1. The van der Waals surface area contributed by atoms with E-state index in [1.807, 2.05) is 67.6 Å². The van der Waals surface area contributed by atoms with Crippen molar-refractivity contribution in [3.8, 4) is 17.4 Å². The second kappa shape index (κ2) is 15.5. The van der Waals surface area contributed by atoms with Crippen LogP contribution in [0.4, 0.5) is 10.2 Å². The molecule has 5 aromatic rings. The Hall–Kier alpha value is -4.39. The Labute approximate surface area is 281 Å². The molecule has 1 unspecified atom stereocenters. The molecule has 2 aromatic carbocycles. The Morgan fingerprint density at radius 2 is 1.60 bits per heavy atom. The van der Waals surface area contributed by atoms with Gasteiger partial charge in [0, 0.05) is 36.9 Å². The Bertz CT molecular complexity index is 1830. The van der Waals surface area contributed by atoms with E-state index in [-0.39, 0.29) is 40.6 Å². The van der Waals surface area contributed by atoms with Gasteiger partial charge < -0.3 is 29.4 Å². The van der Waals surface area contributed by atoms with Crippen LogP contribution in [0.15, 0.2) is 76.8 Å². The summed E-state index contributed by atoms with van der Waals surface area (Å²) in [7, 11) is 3.30. The first kappa shape index (κ1) is 34.0. The summed E-state index contributed by atoms with van der Waals surface area (Å²) in [4.78, 5) is 30.7. The molecular formula is C34H36ClFN6O4S. The standard InChI is InChI=1S/C34H36ClFN6O4S/c1-20(19-46-33-27-29(28(36)30(35)40-33)39-34(47-5)41-32(27)43)38-21(2)26-7-6-16-37-31(26)42(17-22-8-12-24(44-3)13-9-22)18-23-10-14-25(45-4)15-11-23/h6-16,20-21,38H,17-19H2,1-5H3,(H,39,41,43)/t20-,21?/m0/s1. The van der Waals surface area contributed by atoms with Gasteiger partial charge in [0.2, 0.25) is 5.88 Å². The number of thioether (sulfide) groups is 1. The summed E-state index contributed by atoms with van der Waals surface area (Å²) < 4.78 is 31.4. The fourth-order valence-electron chi connectivity index (χ4n) is 5.19. The van der Waals surface area contributed by atoms with Gasteiger partial charge in [0.1, 0.15) is 34.8 Å². The summed E-state index contributed by atoms with van der Waals surface area (Å²) in [5.41, 5.74) is 2.45. The number of H-pyrrole nitrogens is 1. The van der Waals surface area contributed by atoms with Gasteiger partial charge >= 0.3 is 0 Å². The van der Waals surface area contributed by atoms with Crippen LogP contribution in [-0.2, 0) is 13.1 Å². The van der Waals surface area contributed by atoms with Gasteiger partial charge in [0.15, 0.2) is 16.1 Å². The van der Waals surface area contributed by atoms with E-state index in [1.165, 1.54) is 11.8 Å². The fourth-order valence-corrected chi connectivity index (χ4v) is 5.73. The molecule has 0 amide bonds. The Morgan fingerprint density at radius 1 is 0.979 bits per heavy atom. The summed E-state index contributed by atoms with van der Waals surface area (Å²) in [6.07, 6.45) is 3.51. The monoisotopic (exact) mass is 678 g/mol. The van der Waals surface area contributed by atoms with Crippen molar-refractivity contribution in [2.24, 2.45) is 0 Å². The molecule has 0 bridgehead atoms. The maximum Gasteiger partial charge on any atom is 0.265 e. The van der Waals surface area contributed by atoms with Gasteiger partial charge in [0.05, 0.1) is 14.2 Å². The van der Waals surface area contributed by atoms with Crippen LogP contribution in [-0.4, -0.2) is 53.1 Å². The fraction of sp³-hybridized carbons (Fsp3) is 0.294. The minimum Gasteiger partial charge on any atom is -0.497 e. The molecule has 0 saturated heterocycles. The number of aromatic amines is 1. The zero-order valence-corrected chi connectivity index (χ0v) is 28.3. The van der Waals surface area contributed by atoms with Gasteiger partial charge in [-0.25, -0.2) is 14.4 Å². The average Bonchev–Trinajstić information content (AvgIpc) is 3.09. The summed E-state index contributed by atoms with van der Waals surface area (Å²) in [6, 6.07) is 19.6. The minimum absolute atomic E-state index is 0.0821. The lowest BCUT2D eigenvalue weighted by molar-refractivity contribution is 0.258. The number of halogens is 2. The summed E-state index contributed by atoms with van der Waals surface area (Å²) in [6.45, 7) is 5.33. The lowest BCUT2D eigenvalue weighted by atomic mass is 10.1. The smallest absolute Gasteiger partial charge is 0.265 e. The van der Waals surface area contributed by atoms with E-state index in [4.69, 9.17) is 30.8 Å². The quantitative estimate of drug-likeness (QED) is 0.0759. The van der Waals surface area contributed by atoms with Crippen LogP contribution in [0.1, 0.15) is 36.6 Å². The number of rotatable bonds is 14. The van der Waals surface area contributed by atoms with Crippen molar-refractivity contribution in [2.45, 2.75) is 44.2 Å². The highest BCUT2D eigenvalue weighted by atomic mass is 35.5. The molecular weight excluding hydrogens is 643 g/mol. The van der Waals surface area contributed by atoms with E-state index in [0.29, 0.717) is 13.1 Å². The molecule has 2 atom stereocenters. The van der Waals surface area contributed by atoms with E-state index in [0.717, 1.165) is 34.0 Å². The minimum atomic E-state index is -0.867. The van der Waals surface area contributed by atoms with Crippen LogP contribution in [0, 0.1) is 5.82 Å². The van der Waals surface area contributed by atoms with Crippen molar-refractivity contribution < 1.29 is 18.6 Å². The van der Waals surface area contributed by atoms with E-state index in [9.17, 15) is 9.18 Å². The van der Waals surface area contributed by atoms with Crippen molar-refractivity contribution >= 4 is 40.1 Å². The van der Waals surface area contributed by atoms with Gasteiger partial charge in [-0.3, -0.25) is 4.79 Å². The predicted molar refractivity (Wildman–Crippen MR) is 184 cm³/mol. The molecule has 2 N–H and O–H groups in total. The van der Waals surface area contributed by atoms with Crippen molar-refractivity contribution in [1.82, 2.24) is 25.3 Å². The first-order valence-electron chi connectivity index (χ1n) is 14.9. The predicted octanol–water partition coefficient (Wildman–Crippen LogP) is 6.57. The molecule has 5 rings (SSSR count). The molecule has 246 valence electrons. The third kappa shape index (κ3) is 8.13. The van der Waals surface area contributed by atoms with Gasteiger partial charge in [0.25, 0.3) is 5.56 Å². The van der Waals surface area contributed by atoms with Crippen LogP contribution < -0.4 is 30.0 Å². The second-order valence-electron chi connectivity index (χ2n) is 10.9. The molecule has 47 heavy (non-hydrogen) atoms. The highest BCUT2D eigenvalue weighted by Gasteiger charge is 2.22. The van der Waals surface area contributed by atoms with Crippen molar-refractivity contribution in [3.05, 3.63) is 105 Å². The Kier molecular flexibility index (Phi) is 11.2. The Morgan fingerprint density at radius 3 is 2.17 bits per heavy atom. The molecule has 3 heterocycles. The third-order valence-electron chi connectivity index (χ3n) is 7.55. The van der Waals surface area contributed by atoms with Crippen molar-refractivity contribution in [2.75, 3.05) is 32.0 Å². The van der Waals surface area contributed by atoms with Crippen LogP contribution in [0.5, 0.6) is 17.4 Å². The number of pyridine rings is 2. The maximum absolute atomic E-state index is 14.8. The summed E-state index contributed by atoms with van der Waals surface area (Å²) >= 11 is 7.23. The summed E-state index contributed by atoms with van der Waals surface area (Å²) in [5, 5.41) is 3.32. The molecule has 13 heteroatoms. The molecule has 0 fully saturated rings. The Balaban J connectivity index is 1.37. The number of nitrogens with one attached hydrogen (secondary N) is 2. The van der Waals surface area contributed by atoms with Crippen LogP contribution in [0.2, 0.25) is 5.15 Å². The first-order valence-corrected chi connectivity index (χ1v) is 16.5. The van der Waals surface area contributed by atoms with Gasteiger partial charge in [-0.15, -0.1) is 0 Å². The number of ether oxygens (including phenoxy) is 3. The van der Waals surface area contributed by atoms with Crippen molar-refractivity contribution in [3.63, 3.8) is 0 Å². The molecule has 3 aromatic heterocycles. The van der Waals surface area contributed by atoms with E-state index >= 15 is 0 Å². The highest BCUT2D eigenvalue weighted by molar-refractivity contribution is 7.98. The lowest BCUT2D eigenvalue weighted by Gasteiger charge is -2.29. The van der Waals surface area contributed by atoms with Gasteiger partial charge in [-0.1, -0.05) is 53.7 Å². The molecule has 10 nitrogen and oxygen atoms in total.